The number of benzene rings is 2. The number of ketones is 2. The zero-order valence-electron chi connectivity index (χ0n) is 14.6. The van der Waals surface area contributed by atoms with Crippen molar-refractivity contribution in [2.45, 2.75) is 38.5 Å². The fourth-order valence-corrected chi connectivity index (χ4v) is 3.93. The van der Waals surface area contributed by atoms with Crippen molar-refractivity contribution < 1.29 is 9.59 Å². The number of carbonyl (C=O) groups excluding carboxylic acids is 2. The highest BCUT2D eigenvalue weighted by Crippen LogP contribution is 2.51. The highest BCUT2D eigenvalue weighted by Gasteiger charge is 2.59. The minimum Gasteiger partial charge on any atom is -0.293 e. The quantitative estimate of drug-likeness (QED) is 0.823. The van der Waals surface area contributed by atoms with E-state index < -0.39 is 10.8 Å². The SMILES string of the molecule is CC1=C(C)C(=O)C(C)(c2ccccc2)C(C)(c2ccccc2)C1=O. The molecule has 2 aromatic carbocycles. The first kappa shape index (κ1) is 16.4. The van der Waals surface area contributed by atoms with Crippen LogP contribution in [0.25, 0.3) is 0 Å². The average molecular weight is 318 g/mol. The number of hydrogen-bond donors (Lipinski definition) is 0. The van der Waals surface area contributed by atoms with Gasteiger partial charge in [0.25, 0.3) is 0 Å². The van der Waals surface area contributed by atoms with Crippen LogP contribution in [-0.4, -0.2) is 11.6 Å². The van der Waals surface area contributed by atoms with E-state index in [0.717, 1.165) is 11.1 Å². The molecule has 1 aliphatic rings. The van der Waals surface area contributed by atoms with Gasteiger partial charge in [0.2, 0.25) is 0 Å². The summed E-state index contributed by atoms with van der Waals surface area (Å²) in [5.74, 6) is 0.0503. The predicted octanol–water partition coefficient (Wildman–Crippen LogP) is 4.39. The van der Waals surface area contributed by atoms with E-state index in [9.17, 15) is 9.59 Å². The molecule has 0 radical (unpaired) electrons. The minimum atomic E-state index is -0.934. The Kier molecular flexibility index (Phi) is 3.79. The molecule has 0 spiro atoms. The van der Waals surface area contributed by atoms with Gasteiger partial charge in [0.1, 0.15) is 0 Å². The fraction of sp³-hybridized carbons (Fsp3) is 0.273. The third-order valence-electron chi connectivity index (χ3n) is 5.85. The molecule has 0 saturated carbocycles. The molecule has 2 nitrogen and oxygen atoms in total. The third kappa shape index (κ3) is 1.96. The number of allylic oxidation sites excluding steroid dienone is 2. The summed E-state index contributed by atoms with van der Waals surface area (Å²) in [6, 6.07) is 19.3. The van der Waals surface area contributed by atoms with E-state index >= 15 is 0 Å². The Bertz CT molecular complexity index is 761. The van der Waals surface area contributed by atoms with Crippen molar-refractivity contribution in [1.29, 1.82) is 0 Å². The summed E-state index contributed by atoms with van der Waals surface area (Å²) >= 11 is 0. The maximum absolute atomic E-state index is 13.4. The predicted molar refractivity (Wildman–Crippen MR) is 96.0 cm³/mol. The molecule has 1 aliphatic carbocycles. The Morgan fingerprint density at radius 3 is 1.17 bits per heavy atom. The molecule has 2 heteroatoms. The van der Waals surface area contributed by atoms with Crippen molar-refractivity contribution in [3.63, 3.8) is 0 Å². The van der Waals surface area contributed by atoms with Crippen LogP contribution in [0.4, 0.5) is 0 Å². The van der Waals surface area contributed by atoms with Gasteiger partial charge in [-0.1, -0.05) is 60.7 Å². The van der Waals surface area contributed by atoms with Crippen LogP contribution < -0.4 is 0 Å². The second-order valence-electron chi connectivity index (χ2n) is 6.89. The molecule has 122 valence electrons. The summed E-state index contributed by atoms with van der Waals surface area (Å²) in [6.07, 6.45) is 0. The molecule has 2 unspecified atom stereocenters. The van der Waals surface area contributed by atoms with Gasteiger partial charge in [-0.15, -0.1) is 0 Å². The maximum Gasteiger partial charge on any atom is 0.170 e. The largest absolute Gasteiger partial charge is 0.293 e. The van der Waals surface area contributed by atoms with Gasteiger partial charge in [0.15, 0.2) is 11.6 Å². The van der Waals surface area contributed by atoms with E-state index in [2.05, 4.69) is 0 Å². The molecular weight excluding hydrogens is 296 g/mol. The molecule has 3 rings (SSSR count). The fourth-order valence-electron chi connectivity index (χ4n) is 3.93. The number of hydrogen-bond acceptors (Lipinski definition) is 2. The van der Waals surface area contributed by atoms with Crippen molar-refractivity contribution >= 4 is 11.6 Å². The molecule has 2 atom stereocenters. The minimum absolute atomic E-state index is 0.0251. The summed E-state index contributed by atoms with van der Waals surface area (Å²) in [6.45, 7) is 7.35. The number of rotatable bonds is 2. The molecule has 0 amide bonds. The van der Waals surface area contributed by atoms with Gasteiger partial charge in [-0.05, 0) is 50.0 Å². The van der Waals surface area contributed by atoms with Gasteiger partial charge in [-0.25, -0.2) is 0 Å². The Morgan fingerprint density at radius 2 is 0.875 bits per heavy atom. The van der Waals surface area contributed by atoms with Crippen LogP contribution >= 0.6 is 0 Å². The molecule has 0 fully saturated rings. The Morgan fingerprint density at radius 1 is 0.583 bits per heavy atom. The highest BCUT2D eigenvalue weighted by molar-refractivity contribution is 6.21. The summed E-state index contributed by atoms with van der Waals surface area (Å²) in [5.41, 5.74) is 1.02. The van der Waals surface area contributed by atoms with Crippen molar-refractivity contribution in [2.24, 2.45) is 0 Å². The lowest BCUT2D eigenvalue weighted by molar-refractivity contribution is -0.133. The molecule has 0 aromatic heterocycles. The van der Waals surface area contributed by atoms with Crippen LogP contribution in [0.3, 0.4) is 0 Å². The molecule has 2 aromatic rings. The standard InChI is InChI=1S/C22H22O2/c1-15-16(2)20(24)22(4,18-13-9-6-10-14-18)21(3,19(15)23)17-11-7-5-8-12-17/h5-14H,1-4H3. The Labute approximate surface area is 143 Å². The third-order valence-corrected chi connectivity index (χ3v) is 5.85. The zero-order chi connectivity index (χ0) is 17.5. The van der Waals surface area contributed by atoms with E-state index in [1.165, 1.54) is 0 Å². The van der Waals surface area contributed by atoms with E-state index in [0.29, 0.717) is 11.1 Å². The first-order valence-corrected chi connectivity index (χ1v) is 8.23. The number of Topliss-reactive ketones (excluding diaryl/α,β-unsaturated/α-hetero) is 2. The monoisotopic (exact) mass is 318 g/mol. The summed E-state index contributed by atoms with van der Waals surface area (Å²) < 4.78 is 0. The smallest absolute Gasteiger partial charge is 0.170 e. The van der Waals surface area contributed by atoms with Gasteiger partial charge in [-0.3, -0.25) is 9.59 Å². The Hall–Kier alpha value is -2.48. The number of carbonyl (C=O) groups is 2. The normalized spacial score (nSPS) is 27.5. The van der Waals surface area contributed by atoms with E-state index in [1.54, 1.807) is 13.8 Å². The van der Waals surface area contributed by atoms with Gasteiger partial charge in [0.05, 0.1) is 10.8 Å². The summed E-state index contributed by atoms with van der Waals surface area (Å²) in [5, 5.41) is 0. The lowest BCUT2D eigenvalue weighted by atomic mass is 9.50. The van der Waals surface area contributed by atoms with Crippen LogP contribution in [0, 0.1) is 0 Å². The van der Waals surface area contributed by atoms with Crippen LogP contribution in [0.1, 0.15) is 38.8 Å². The molecular formula is C22H22O2. The molecule has 0 bridgehead atoms. The van der Waals surface area contributed by atoms with Crippen LogP contribution in [0.2, 0.25) is 0 Å². The second kappa shape index (κ2) is 5.55. The first-order chi connectivity index (χ1) is 11.3. The second-order valence-corrected chi connectivity index (χ2v) is 6.89. The molecule has 24 heavy (non-hydrogen) atoms. The topological polar surface area (TPSA) is 34.1 Å². The van der Waals surface area contributed by atoms with Crippen LogP contribution in [0.5, 0.6) is 0 Å². The molecule has 0 saturated heterocycles. The highest BCUT2D eigenvalue weighted by atomic mass is 16.1. The van der Waals surface area contributed by atoms with Crippen molar-refractivity contribution in [1.82, 2.24) is 0 Å². The zero-order valence-corrected chi connectivity index (χ0v) is 14.6. The van der Waals surface area contributed by atoms with Gasteiger partial charge >= 0.3 is 0 Å². The lowest BCUT2D eigenvalue weighted by Crippen LogP contribution is -2.59. The van der Waals surface area contributed by atoms with Gasteiger partial charge in [-0.2, -0.15) is 0 Å². The van der Waals surface area contributed by atoms with E-state index in [1.807, 2.05) is 74.5 Å². The van der Waals surface area contributed by atoms with Crippen molar-refractivity contribution in [3.8, 4) is 0 Å². The van der Waals surface area contributed by atoms with Crippen molar-refractivity contribution in [3.05, 3.63) is 82.9 Å². The van der Waals surface area contributed by atoms with E-state index in [4.69, 9.17) is 0 Å². The van der Waals surface area contributed by atoms with Crippen LogP contribution in [0.15, 0.2) is 71.8 Å². The molecule has 0 aliphatic heterocycles. The van der Waals surface area contributed by atoms with E-state index in [-0.39, 0.29) is 11.6 Å². The summed E-state index contributed by atoms with van der Waals surface area (Å²) in [4.78, 5) is 26.8. The van der Waals surface area contributed by atoms with Gasteiger partial charge < -0.3 is 0 Å². The van der Waals surface area contributed by atoms with Crippen molar-refractivity contribution in [2.75, 3.05) is 0 Å². The van der Waals surface area contributed by atoms with Crippen LogP contribution in [-0.2, 0) is 20.4 Å². The Balaban J connectivity index is 2.39. The summed E-state index contributed by atoms with van der Waals surface area (Å²) in [7, 11) is 0. The average Bonchev–Trinajstić information content (AvgIpc) is 2.64. The molecule has 0 heterocycles. The maximum atomic E-state index is 13.4. The lowest BCUT2D eigenvalue weighted by Gasteiger charge is -2.48. The molecule has 0 N–H and O–H groups in total. The first-order valence-electron chi connectivity index (χ1n) is 8.23. The van der Waals surface area contributed by atoms with Gasteiger partial charge in [0, 0.05) is 0 Å².